The van der Waals surface area contributed by atoms with Gasteiger partial charge in [0.15, 0.2) is 0 Å². The van der Waals surface area contributed by atoms with Crippen molar-refractivity contribution in [2.45, 2.75) is 6.42 Å². The third kappa shape index (κ3) is 2.07. The summed E-state index contributed by atoms with van der Waals surface area (Å²) < 4.78 is 1.89. The standard InChI is InChI=1S/C7H10N2O2/c1-8-5-2-3-7(8)4-6-9(10)11/h2-3,5H,4,6H2,1H3. The van der Waals surface area contributed by atoms with E-state index in [4.69, 9.17) is 0 Å². The van der Waals surface area contributed by atoms with Crippen molar-refractivity contribution < 1.29 is 4.92 Å². The lowest BCUT2D eigenvalue weighted by molar-refractivity contribution is -0.479. The first-order chi connectivity index (χ1) is 5.20. The molecule has 4 nitrogen and oxygen atoms in total. The van der Waals surface area contributed by atoms with E-state index < -0.39 is 0 Å². The van der Waals surface area contributed by atoms with Crippen LogP contribution in [0.3, 0.4) is 0 Å². The first kappa shape index (κ1) is 7.78. The zero-order valence-corrected chi connectivity index (χ0v) is 6.36. The molecule has 0 saturated heterocycles. The molecule has 0 N–H and O–H groups in total. The Bertz CT molecular complexity index is 255. The van der Waals surface area contributed by atoms with Crippen molar-refractivity contribution in [1.82, 2.24) is 4.57 Å². The van der Waals surface area contributed by atoms with E-state index in [1.54, 1.807) is 0 Å². The summed E-state index contributed by atoms with van der Waals surface area (Å²) in [6.45, 7) is 0.0118. The van der Waals surface area contributed by atoms with E-state index in [-0.39, 0.29) is 11.5 Å². The molecule has 0 saturated carbocycles. The molecule has 0 amide bonds. The molecule has 1 aromatic rings. The van der Waals surface area contributed by atoms with Gasteiger partial charge in [-0.05, 0) is 12.1 Å². The summed E-state index contributed by atoms with van der Waals surface area (Å²) in [6, 6.07) is 3.78. The largest absolute Gasteiger partial charge is 0.354 e. The number of aromatic nitrogens is 1. The Morgan fingerprint density at radius 3 is 2.91 bits per heavy atom. The summed E-state index contributed by atoms with van der Waals surface area (Å²) in [5.41, 5.74) is 1.00. The summed E-state index contributed by atoms with van der Waals surface area (Å²) in [4.78, 5) is 9.70. The molecule has 1 heterocycles. The third-order valence-electron chi connectivity index (χ3n) is 1.60. The van der Waals surface area contributed by atoms with Crippen molar-refractivity contribution in [1.29, 1.82) is 0 Å². The minimum absolute atomic E-state index is 0.0118. The highest BCUT2D eigenvalue weighted by Crippen LogP contribution is 1.99. The molecule has 1 aromatic heterocycles. The summed E-state index contributed by atoms with van der Waals surface area (Å²) in [6.07, 6.45) is 2.39. The van der Waals surface area contributed by atoms with Crippen LogP contribution in [0.2, 0.25) is 0 Å². The van der Waals surface area contributed by atoms with Crippen LogP contribution in [0, 0.1) is 10.1 Å². The Labute approximate surface area is 64.6 Å². The Morgan fingerprint density at radius 2 is 2.45 bits per heavy atom. The molecule has 4 heteroatoms. The van der Waals surface area contributed by atoms with E-state index in [0.717, 1.165) is 5.69 Å². The first-order valence-corrected chi connectivity index (χ1v) is 3.42. The van der Waals surface area contributed by atoms with Crippen molar-refractivity contribution in [3.8, 4) is 0 Å². The molecule has 1 rings (SSSR count). The van der Waals surface area contributed by atoms with Gasteiger partial charge in [-0.1, -0.05) is 0 Å². The second-order valence-electron chi connectivity index (χ2n) is 2.42. The molecular weight excluding hydrogens is 144 g/mol. The summed E-state index contributed by atoms with van der Waals surface area (Å²) in [5.74, 6) is 0. The first-order valence-electron chi connectivity index (χ1n) is 3.42. The van der Waals surface area contributed by atoms with E-state index in [9.17, 15) is 10.1 Å². The van der Waals surface area contributed by atoms with Gasteiger partial charge in [0, 0.05) is 23.9 Å². The van der Waals surface area contributed by atoms with Gasteiger partial charge in [-0.3, -0.25) is 10.1 Å². The van der Waals surface area contributed by atoms with Crippen LogP contribution in [0.25, 0.3) is 0 Å². The second-order valence-corrected chi connectivity index (χ2v) is 2.42. The number of hydrogen-bond donors (Lipinski definition) is 0. The van der Waals surface area contributed by atoms with E-state index in [1.165, 1.54) is 0 Å². The maximum atomic E-state index is 10.0. The highest BCUT2D eigenvalue weighted by Gasteiger charge is 2.01. The average molecular weight is 154 g/mol. The molecule has 0 aliphatic carbocycles. The summed E-state index contributed by atoms with van der Waals surface area (Å²) >= 11 is 0. The monoisotopic (exact) mass is 154 g/mol. The van der Waals surface area contributed by atoms with Crippen LogP contribution in [0.5, 0.6) is 0 Å². The molecule has 0 radical (unpaired) electrons. The smallest absolute Gasteiger partial charge is 0.209 e. The maximum absolute atomic E-state index is 10.0. The fourth-order valence-electron chi connectivity index (χ4n) is 0.962. The summed E-state index contributed by atoms with van der Waals surface area (Å²) in [5, 5.41) is 10.0. The Balaban J connectivity index is 2.51. The molecule has 60 valence electrons. The number of hydrogen-bond acceptors (Lipinski definition) is 2. The third-order valence-corrected chi connectivity index (χ3v) is 1.60. The van der Waals surface area contributed by atoms with Crippen LogP contribution in [0.15, 0.2) is 18.3 Å². The molecule has 0 aliphatic rings. The van der Waals surface area contributed by atoms with Crippen molar-refractivity contribution >= 4 is 0 Å². The Hall–Kier alpha value is -1.32. The number of nitrogens with zero attached hydrogens (tertiary/aromatic N) is 2. The predicted octanol–water partition coefficient (Wildman–Crippen LogP) is 0.844. The van der Waals surface area contributed by atoms with E-state index in [2.05, 4.69) is 0 Å². The zero-order valence-electron chi connectivity index (χ0n) is 6.36. The Kier molecular flexibility index (Phi) is 2.25. The lowest BCUT2D eigenvalue weighted by atomic mass is 10.3. The highest BCUT2D eigenvalue weighted by molar-refractivity contribution is 5.06. The number of rotatable bonds is 3. The number of nitro groups is 1. The van der Waals surface area contributed by atoms with Crippen LogP contribution in [0.4, 0.5) is 0 Å². The summed E-state index contributed by atoms with van der Waals surface area (Å²) in [7, 11) is 1.88. The molecular formula is C7H10N2O2. The average Bonchev–Trinajstić information content (AvgIpc) is 2.31. The van der Waals surface area contributed by atoms with Gasteiger partial charge >= 0.3 is 0 Å². The van der Waals surface area contributed by atoms with Crippen molar-refractivity contribution in [3.05, 3.63) is 34.1 Å². The van der Waals surface area contributed by atoms with Gasteiger partial charge in [0.2, 0.25) is 6.54 Å². The quantitative estimate of drug-likeness (QED) is 0.478. The molecule has 11 heavy (non-hydrogen) atoms. The number of aryl methyl sites for hydroxylation is 1. The van der Waals surface area contributed by atoms with Crippen LogP contribution in [-0.2, 0) is 13.5 Å². The van der Waals surface area contributed by atoms with Crippen LogP contribution < -0.4 is 0 Å². The lowest BCUT2D eigenvalue weighted by Gasteiger charge is -1.97. The predicted molar refractivity (Wildman–Crippen MR) is 41.0 cm³/mol. The molecule has 0 aromatic carbocycles. The van der Waals surface area contributed by atoms with Gasteiger partial charge < -0.3 is 4.57 Å². The van der Waals surface area contributed by atoms with Crippen LogP contribution >= 0.6 is 0 Å². The van der Waals surface area contributed by atoms with Gasteiger partial charge in [-0.2, -0.15) is 0 Å². The molecule has 0 atom stereocenters. The molecule has 0 aliphatic heterocycles. The van der Waals surface area contributed by atoms with E-state index >= 15 is 0 Å². The van der Waals surface area contributed by atoms with Gasteiger partial charge in [0.05, 0.1) is 6.42 Å². The van der Waals surface area contributed by atoms with E-state index in [1.807, 2.05) is 29.9 Å². The van der Waals surface area contributed by atoms with Crippen LogP contribution in [-0.4, -0.2) is 16.0 Å². The van der Waals surface area contributed by atoms with Gasteiger partial charge in [-0.15, -0.1) is 0 Å². The lowest BCUT2D eigenvalue weighted by Crippen LogP contribution is -2.06. The Morgan fingerprint density at radius 1 is 1.73 bits per heavy atom. The zero-order chi connectivity index (χ0) is 8.27. The molecule has 0 spiro atoms. The van der Waals surface area contributed by atoms with Crippen LogP contribution in [0.1, 0.15) is 5.69 Å². The molecule has 0 unspecified atom stereocenters. The van der Waals surface area contributed by atoms with Crippen molar-refractivity contribution in [2.24, 2.45) is 7.05 Å². The molecule has 0 bridgehead atoms. The fourth-order valence-corrected chi connectivity index (χ4v) is 0.962. The SMILES string of the molecule is Cn1cccc1CC[N+](=O)[O-]. The van der Waals surface area contributed by atoms with Crippen molar-refractivity contribution in [3.63, 3.8) is 0 Å². The van der Waals surface area contributed by atoms with Crippen molar-refractivity contribution in [2.75, 3.05) is 6.54 Å². The fraction of sp³-hybridized carbons (Fsp3) is 0.429. The minimum atomic E-state index is -0.299. The van der Waals surface area contributed by atoms with Gasteiger partial charge in [-0.25, -0.2) is 0 Å². The second kappa shape index (κ2) is 3.18. The normalized spacial score (nSPS) is 9.91. The highest BCUT2D eigenvalue weighted by atomic mass is 16.6. The topological polar surface area (TPSA) is 48.1 Å². The molecule has 0 fully saturated rings. The maximum Gasteiger partial charge on any atom is 0.209 e. The van der Waals surface area contributed by atoms with Gasteiger partial charge in [0.25, 0.3) is 0 Å². The minimum Gasteiger partial charge on any atom is -0.354 e. The van der Waals surface area contributed by atoms with E-state index in [0.29, 0.717) is 6.42 Å². The van der Waals surface area contributed by atoms with Gasteiger partial charge in [0.1, 0.15) is 0 Å².